The number of hydrogen-bond donors (Lipinski definition) is 1. The second-order valence-corrected chi connectivity index (χ2v) is 4.97. The number of nitrogens with one attached hydrogen (secondary N) is 1. The van der Waals surface area contributed by atoms with Gasteiger partial charge in [-0.15, -0.1) is 0 Å². The number of carbonyl (C=O) groups is 3. The highest BCUT2D eigenvalue weighted by Crippen LogP contribution is 2.42. The average molecular weight is 238 g/mol. The molecule has 0 spiro atoms. The fraction of sp³-hybridized carbons (Fsp3) is 0.750. The fourth-order valence-corrected chi connectivity index (χ4v) is 2.89. The SMILES string of the molecule is CCC1(C(=O)N2CC(=O)NC(=O)C2)CCCC1. The van der Waals surface area contributed by atoms with Crippen molar-refractivity contribution < 1.29 is 14.4 Å². The standard InChI is InChI=1S/C12H18N2O3/c1-2-12(5-3-4-6-12)11(17)14-7-9(15)13-10(16)8-14/h2-8H2,1H3,(H,13,15,16). The minimum atomic E-state index is -0.376. The Balaban J connectivity index is 2.13. The van der Waals surface area contributed by atoms with Crippen molar-refractivity contribution in [3.8, 4) is 0 Å². The third-order valence-electron chi connectivity index (χ3n) is 3.93. The quantitative estimate of drug-likeness (QED) is 0.710. The molecule has 0 atom stereocenters. The molecule has 17 heavy (non-hydrogen) atoms. The van der Waals surface area contributed by atoms with Gasteiger partial charge in [-0.05, 0) is 19.3 Å². The molecule has 1 aliphatic carbocycles. The summed E-state index contributed by atoms with van der Waals surface area (Å²) in [5, 5.41) is 2.21. The number of piperazine rings is 1. The number of imide groups is 1. The lowest BCUT2D eigenvalue weighted by atomic mass is 9.81. The molecular formula is C12H18N2O3. The monoisotopic (exact) mass is 238 g/mol. The van der Waals surface area contributed by atoms with Gasteiger partial charge in [0.1, 0.15) is 13.1 Å². The van der Waals surface area contributed by atoms with Crippen LogP contribution in [0, 0.1) is 5.41 Å². The summed E-state index contributed by atoms with van der Waals surface area (Å²) in [6.07, 6.45) is 4.68. The lowest BCUT2D eigenvalue weighted by molar-refractivity contribution is -0.151. The molecule has 2 fully saturated rings. The molecule has 0 radical (unpaired) electrons. The first-order chi connectivity index (χ1) is 8.07. The largest absolute Gasteiger partial charge is 0.324 e. The zero-order chi connectivity index (χ0) is 12.5. The fourth-order valence-electron chi connectivity index (χ4n) is 2.89. The van der Waals surface area contributed by atoms with Gasteiger partial charge >= 0.3 is 0 Å². The van der Waals surface area contributed by atoms with Gasteiger partial charge in [0.2, 0.25) is 17.7 Å². The van der Waals surface area contributed by atoms with Crippen LogP contribution in [0.1, 0.15) is 39.0 Å². The summed E-state index contributed by atoms with van der Waals surface area (Å²) in [5.74, 6) is -0.765. The molecule has 5 heteroatoms. The van der Waals surface area contributed by atoms with E-state index in [-0.39, 0.29) is 36.2 Å². The lowest BCUT2D eigenvalue weighted by Gasteiger charge is -2.34. The molecule has 0 aromatic heterocycles. The van der Waals surface area contributed by atoms with Gasteiger partial charge in [-0.25, -0.2) is 0 Å². The van der Waals surface area contributed by atoms with Gasteiger partial charge in [-0.3, -0.25) is 19.7 Å². The van der Waals surface area contributed by atoms with Gasteiger partial charge in [0.05, 0.1) is 0 Å². The van der Waals surface area contributed by atoms with Crippen LogP contribution in [0.15, 0.2) is 0 Å². The Morgan fingerprint density at radius 3 is 2.24 bits per heavy atom. The van der Waals surface area contributed by atoms with Crippen molar-refractivity contribution in [2.24, 2.45) is 5.41 Å². The van der Waals surface area contributed by atoms with Gasteiger partial charge in [0.15, 0.2) is 0 Å². The number of nitrogens with zero attached hydrogens (tertiary/aromatic N) is 1. The van der Waals surface area contributed by atoms with Crippen LogP contribution in [0.25, 0.3) is 0 Å². The molecule has 5 nitrogen and oxygen atoms in total. The van der Waals surface area contributed by atoms with Crippen molar-refractivity contribution >= 4 is 17.7 Å². The van der Waals surface area contributed by atoms with Crippen LogP contribution in [0.4, 0.5) is 0 Å². The Morgan fingerprint density at radius 2 is 1.76 bits per heavy atom. The first-order valence-electron chi connectivity index (χ1n) is 6.19. The molecule has 1 saturated heterocycles. The summed E-state index contributed by atoms with van der Waals surface area (Å²) in [6.45, 7) is 2.05. The maximum Gasteiger partial charge on any atom is 0.246 e. The Morgan fingerprint density at radius 1 is 1.24 bits per heavy atom. The summed E-state index contributed by atoms with van der Waals surface area (Å²) < 4.78 is 0. The zero-order valence-corrected chi connectivity index (χ0v) is 10.1. The van der Waals surface area contributed by atoms with E-state index >= 15 is 0 Å². The third kappa shape index (κ3) is 2.18. The second kappa shape index (κ2) is 4.47. The Labute approximate surface area is 101 Å². The highest BCUT2D eigenvalue weighted by molar-refractivity contribution is 6.03. The van der Waals surface area contributed by atoms with Crippen molar-refractivity contribution in [2.45, 2.75) is 39.0 Å². The van der Waals surface area contributed by atoms with Crippen LogP contribution in [-0.2, 0) is 14.4 Å². The van der Waals surface area contributed by atoms with Crippen LogP contribution < -0.4 is 5.32 Å². The molecule has 1 heterocycles. The number of rotatable bonds is 2. The Hall–Kier alpha value is -1.39. The first-order valence-corrected chi connectivity index (χ1v) is 6.19. The van der Waals surface area contributed by atoms with E-state index in [4.69, 9.17) is 0 Å². The molecule has 0 unspecified atom stereocenters. The Kier molecular flexibility index (Phi) is 3.17. The highest BCUT2D eigenvalue weighted by Gasteiger charge is 2.43. The van der Waals surface area contributed by atoms with Crippen molar-refractivity contribution in [1.29, 1.82) is 0 Å². The van der Waals surface area contributed by atoms with Crippen molar-refractivity contribution in [3.05, 3.63) is 0 Å². The molecule has 0 aromatic carbocycles. The van der Waals surface area contributed by atoms with Crippen molar-refractivity contribution in [3.63, 3.8) is 0 Å². The molecule has 1 saturated carbocycles. The zero-order valence-electron chi connectivity index (χ0n) is 10.1. The molecule has 2 rings (SSSR count). The maximum atomic E-state index is 12.4. The summed E-state index contributed by atoms with van der Waals surface area (Å²) in [4.78, 5) is 36.4. The van der Waals surface area contributed by atoms with Crippen LogP contribution in [0.2, 0.25) is 0 Å². The van der Waals surface area contributed by atoms with Gasteiger partial charge in [-0.1, -0.05) is 19.8 Å². The van der Waals surface area contributed by atoms with Gasteiger partial charge in [-0.2, -0.15) is 0 Å². The minimum Gasteiger partial charge on any atom is -0.324 e. The molecule has 0 bridgehead atoms. The average Bonchev–Trinajstić information content (AvgIpc) is 2.76. The maximum absolute atomic E-state index is 12.4. The summed E-state index contributed by atoms with van der Waals surface area (Å²) in [5.41, 5.74) is -0.322. The molecule has 3 amide bonds. The van der Waals surface area contributed by atoms with E-state index in [0.29, 0.717) is 0 Å². The van der Waals surface area contributed by atoms with Crippen LogP contribution in [0.5, 0.6) is 0 Å². The Bertz CT molecular complexity index is 343. The van der Waals surface area contributed by atoms with E-state index in [1.165, 1.54) is 4.90 Å². The lowest BCUT2D eigenvalue weighted by Crippen LogP contribution is -2.56. The van der Waals surface area contributed by atoms with Gasteiger partial charge < -0.3 is 4.90 Å². The van der Waals surface area contributed by atoms with E-state index in [1.54, 1.807) is 0 Å². The molecule has 1 N–H and O–H groups in total. The third-order valence-corrected chi connectivity index (χ3v) is 3.93. The highest BCUT2D eigenvalue weighted by atomic mass is 16.2. The number of amides is 3. The number of hydrogen-bond acceptors (Lipinski definition) is 3. The smallest absolute Gasteiger partial charge is 0.246 e. The van der Waals surface area contributed by atoms with E-state index in [9.17, 15) is 14.4 Å². The molecular weight excluding hydrogens is 220 g/mol. The van der Waals surface area contributed by atoms with Crippen LogP contribution in [-0.4, -0.2) is 35.7 Å². The van der Waals surface area contributed by atoms with Crippen LogP contribution in [0.3, 0.4) is 0 Å². The summed E-state index contributed by atoms with van der Waals surface area (Å²) >= 11 is 0. The van der Waals surface area contributed by atoms with E-state index < -0.39 is 0 Å². The molecule has 0 aromatic rings. The first kappa shape index (κ1) is 12.1. The second-order valence-electron chi connectivity index (χ2n) is 4.97. The predicted octanol–water partition coefficient (Wildman–Crippen LogP) is 0.442. The summed E-state index contributed by atoms with van der Waals surface area (Å²) in [7, 11) is 0. The minimum absolute atomic E-state index is 0.0132. The molecule has 1 aliphatic heterocycles. The van der Waals surface area contributed by atoms with Crippen molar-refractivity contribution in [2.75, 3.05) is 13.1 Å². The predicted molar refractivity (Wildman–Crippen MR) is 60.9 cm³/mol. The topological polar surface area (TPSA) is 66.5 Å². The van der Waals surface area contributed by atoms with Gasteiger partial charge in [0, 0.05) is 5.41 Å². The molecule has 2 aliphatic rings. The van der Waals surface area contributed by atoms with Crippen LogP contribution >= 0.6 is 0 Å². The number of carbonyl (C=O) groups excluding carboxylic acids is 3. The van der Waals surface area contributed by atoms with E-state index in [2.05, 4.69) is 5.32 Å². The van der Waals surface area contributed by atoms with Crippen molar-refractivity contribution in [1.82, 2.24) is 10.2 Å². The summed E-state index contributed by atoms with van der Waals surface area (Å²) in [6, 6.07) is 0. The van der Waals surface area contributed by atoms with E-state index in [0.717, 1.165) is 32.1 Å². The van der Waals surface area contributed by atoms with E-state index in [1.807, 2.05) is 6.92 Å². The molecule has 94 valence electrons. The normalized spacial score (nSPS) is 23.7. The van der Waals surface area contributed by atoms with Gasteiger partial charge in [0.25, 0.3) is 0 Å².